The van der Waals surface area contributed by atoms with Crippen LogP contribution in [0.4, 0.5) is 13.2 Å². The molecule has 0 spiro atoms. The van der Waals surface area contributed by atoms with E-state index in [-0.39, 0.29) is 12.2 Å². The van der Waals surface area contributed by atoms with Gasteiger partial charge in [0.05, 0.1) is 17.9 Å². The molecule has 2 aromatic carbocycles. The molecule has 8 heteroatoms. The summed E-state index contributed by atoms with van der Waals surface area (Å²) < 4.78 is 44.1. The summed E-state index contributed by atoms with van der Waals surface area (Å²) in [5.74, 6) is -1.03. The fourth-order valence-electron chi connectivity index (χ4n) is 3.08. The first-order chi connectivity index (χ1) is 14.7. The second kappa shape index (κ2) is 9.51. The molecule has 1 heterocycles. The highest BCUT2D eigenvalue weighted by Gasteiger charge is 2.31. The number of rotatable bonds is 7. The molecular formula is C23H21F3N2O3. The summed E-state index contributed by atoms with van der Waals surface area (Å²) in [5.41, 5.74) is 0.325. The Balaban J connectivity index is 1.76. The maximum absolute atomic E-state index is 13.0. The quantitative estimate of drug-likeness (QED) is 0.579. The average Bonchev–Trinajstić information content (AvgIpc) is 3.28. The number of alkyl halides is 3. The number of carbonyl (C=O) groups is 2. The van der Waals surface area contributed by atoms with Crippen LogP contribution >= 0.6 is 0 Å². The van der Waals surface area contributed by atoms with E-state index in [1.807, 2.05) is 30.3 Å². The first kappa shape index (κ1) is 22.1. The summed E-state index contributed by atoms with van der Waals surface area (Å²) in [6.45, 7) is 1.58. The van der Waals surface area contributed by atoms with Crippen LogP contribution in [0.2, 0.25) is 0 Å². The highest BCUT2D eigenvalue weighted by molar-refractivity contribution is 5.95. The van der Waals surface area contributed by atoms with E-state index in [0.717, 1.165) is 17.7 Å². The predicted octanol–water partition coefficient (Wildman–Crippen LogP) is 4.52. The molecular weight excluding hydrogens is 409 g/mol. The third kappa shape index (κ3) is 5.97. The standard InChI is InChI=1S/C23H21F3N2O3/c1-15(17-9-5-10-18(14-17)23(24,25)26)27-21(29)19(13-16-7-3-2-4-8-16)28-22(30)20-11-6-12-31-20/h2-12,14-15,19H,13H2,1H3,(H,27,29)(H,28,30). The number of furan rings is 1. The summed E-state index contributed by atoms with van der Waals surface area (Å²) in [6.07, 6.45) is -2.93. The van der Waals surface area contributed by atoms with E-state index < -0.39 is 35.6 Å². The van der Waals surface area contributed by atoms with E-state index in [4.69, 9.17) is 4.42 Å². The van der Waals surface area contributed by atoms with Crippen molar-refractivity contribution in [1.82, 2.24) is 10.6 Å². The zero-order valence-corrected chi connectivity index (χ0v) is 16.6. The van der Waals surface area contributed by atoms with Gasteiger partial charge >= 0.3 is 6.18 Å². The van der Waals surface area contributed by atoms with Crippen LogP contribution in [0.25, 0.3) is 0 Å². The van der Waals surface area contributed by atoms with E-state index in [2.05, 4.69) is 10.6 Å². The molecule has 0 aliphatic rings. The summed E-state index contributed by atoms with van der Waals surface area (Å²) in [6, 6.07) is 15.2. The van der Waals surface area contributed by atoms with Gasteiger partial charge in [-0.25, -0.2) is 0 Å². The highest BCUT2D eigenvalue weighted by Crippen LogP contribution is 2.30. The van der Waals surface area contributed by atoms with Crippen molar-refractivity contribution in [2.45, 2.75) is 31.6 Å². The molecule has 0 aliphatic carbocycles. The molecule has 2 atom stereocenters. The van der Waals surface area contributed by atoms with Gasteiger partial charge in [-0.1, -0.05) is 42.5 Å². The Morgan fingerprint density at radius 1 is 0.968 bits per heavy atom. The Hall–Kier alpha value is -3.55. The Morgan fingerprint density at radius 2 is 1.71 bits per heavy atom. The van der Waals surface area contributed by atoms with Crippen LogP contribution in [0.1, 0.15) is 40.2 Å². The molecule has 3 rings (SSSR count). The molecule has 3 aromatic rings. The lowest BCUT2D eigenvalue weighted by Crippen LogP contribution is -2.48. The normalized spacial score (nSPS) is 13.3. The first-order valence-corrected chi connectivity index (χ1v) is 9.60. The zero-order chi connectivity index (χ0) is 22.4. The Kier molecular flexibility index (Phi) is 6.79. The molecule has 0 bridgehead atoms. The van der Waals surface area contributed by atoms with Crippen molar-refractivity contribution >= 4 is 11.8 Å². The van der Waals surface area contributed by atoms with Crippen LogP contribution < -0.4 is 10.6 Å². The summed E-state index contributed by atoms with van der Waals surface area (Å²) in [4.78, 5) is 25.4. The molecule has 0 aliphatic heterocycles. The fourth-order valence-corrected chi connectivity index (χ4v) is 3.08. The minimum absolute atomic E-state index is 0.0526. The number of hydrogen-bond donors (Lipinski definition) is 2. The molecule has 5 nitrogen and oxygen atoms in total. The van der Waals surface area contributed by atoms with E-state index in [0.29, 0.717) is 5.56 Å². The number of nitrogens with one attached hydrogen (secondary N) is 2. The van der Waals surface area contributed by atoms with Crippen LogP contribution in [0.3, 0.4) is 0 Å². The minimum atomic E-state index is -4.48. The van der Waals surface area contributed by atoms with Gasteiger partial charge in [-0.05, 0) is 42.3 Å². The van der Waals surface area contributed by atoms with E-state index >= 15 is 0 Å². The molecule has 2 amide bonds. The minimum Gasteiger partial charge on any atom is -0.459 e. The summed E-state index contributed by atoms with van der Waals surface area (Å²) in [7, 11) is 0. The number of benzene rings is 2. The van der Waals surface area contributed by atoms with Crippen LogP contribution in [-0.2, 0) is 17.4 Å². The lowest BCUT2D eigenvalue weighted by Gasteiger charge is -2.22. The summed E-state index contributed by atoms with van der Waals surface area (Å²) >= 11 is 0. The Morgan fingerprint density at radius 3 is 2.35 bits per heavy atom. The van der Waals surface area contributed by atoms with Gasteiger partial charge in [0, 0.05) is 6.42 Å². The zero-order valence-electron chi connectivity index (χ0n) is 16.6. The monoisotopic (exact) mass is 430 g/mol. The topological polar surface area (TPSA) is 71.3 Å². The SMILES string of the molecule is CC(NC(=O)C(Cc1ccccc1)NC(=O)c1ccco1)c1cccc(C(F)(F)F)c1. The van der Waals surface area contributed by atoms with E-state index in [1.165, 1.54) is 24.5 Å². The number of halogens is 3. The maximum Gasteiger partial charge on any atom is 0.416 e. The van der Waals surface area contributed by atoms with Crippen LogP contribution in [0, 0.1) is 0 Å². The van der Waals surface area contributed by atoms with Crippen LogP contribution in [0.15, 0.2) is 77.4 Å². The molecule has 162 valence electrons. The molecule has 31 heavy (non-hydrogen) atoms. The molecule has 0 radical (unpaired) electrons. The fraction of sp³-hybridized carbons (Fsp3) is 0.217. The Labute approximate surface area is 177 Å². The van der Waals surface area contributed by atoms with Gasteiger partial charge < -0.3 is 15.1 Å². The number of amides is 2. The number of carbonyl (C=O) groups excluding carboxylic acids is 2. The predicted molar refractivity (Wildman–Crippen MR) is 108 cm³/mol. The van der Waals surface area contributed by atoms with Crippen molar-refractivity contribution in [3.8, 4) is 0 Å². The molecule has 1 aromatic heterocycles. The van der Waals surface area contributed by atoms with Gasteiger partial charge in [0.15, 0.2) is 5.76 Å². The molecule has 2 unspecified atom stereocenters. The lowest BCUT2D eigenvalue weighted by molar-refractivity contribution is -0.137. The largest absolute Gasteiger partial charge is 0.459 e. The van der Waals surface area contributed by atoms with Crippen LogP contribution in [-0.4, -0.2) is 17.9 Å². The van der Waals surface area contributed by atoms with Gasteiger partial charge in [0.2, 0.25) is 5.91 Å². The third-order valence-corrected chi connectivity index (χ3v) is 4.72. The average molecular weight is 430 g/mol. The van der Waals surface area contributed by atoms with Gasteiger partial charge in [-0.2, -0.15) is 13.2 Å². The van der Waals surface area contributed by atoms with Gasteiger partial charge in [-0.3, -0.25) is 9.59 Å². The summed E-state index contributed by atoms with van der Waals surface area (Å²) in [5, 5.41) is 5.33. The van der Waals surface area contributed by atoms with Crippen LogP contribution in [0.5, 0.6) is 0 Å². The molecule has 0 saturated heterocycles. The highest BCUT2D eigenvalue weighted by atomic mass is 19.4. The van der Waals surface area contributed by atoms with E-state index in [1.54, 1.807) is 13.0 Å². The van der Waals surface area contributed by atoms with Gasteiger partial charge in [0.1, 0.15) is 6.04 Å². The second-order valence-corrected chi connectivity index (χ2v) is 7.05. The van der Waals surface area contributed by atoms with Crippen molar-refractivity contribution in [2.24, 2.45) is 0 Å². The Bertz CT molecular complexity index is 1020. The van der Waals surface area contributed by atoms with Gasteiger partial charge in [-0.15, -0.1) is 0 Å². The van der Waals surface area contributed by atoms with Crippen molar-refractivity contribution < 1.29 is 27.2 Å². The number of hydrogen-bond acceptors (Lipinski definition) is 3. The molecule has 0 saturated carbocycles. The van der Waals surface area contributed by atoms with E-state index in [9.17, 15) is 22.8 Å². The van der Waals surface area contributed by atoms with Crippen molar-refractivity contribution in [2.75, 3.05) is 0 Å². The second-order valence-electron chi connectivity index (χ2n) is 7.05. The van der Waals surface area contributed by atoms with Gasteiger partial charge in [0.25, 0.3) is 5.91 Å². The smallest absolute Gasteiger partial charge is 0.416 e. The van der Waals surface area contributed by atoms with Crippen molar-refractivity contribution in [3.05, 3.63) is 95.4 Å². The molecule has 0 fully saturated rings. The maximum atomic E-state index is 13.0. The van der Waals surface area contributed by atoms with Crippen molar-refractivity contribution in [1.29, 1.82) is 0 Å². The van der Waals surface area contributed by atoms with Crippen molar-refractivity contribution in [3.63, 3.8) is 0 Å². The first-order valence-electron chi connectivity index (χ1n) is 9.60. The molecule has 2 N–H and O–H groups in total. The third-order valence-electron chi connectivity index (χ3n) is 4.72. The lowest BCUT2D eigenvalue weighted by atomic mass is 10.0.